The zero-order chi connectivity index (χ0) is 22.3. The van der Waals surface area contributed by atoms with Gasteiger partial charge in [0.2, 0.25) is 5.91 Å². The first-order valence-electron chi connectivity index (χ1n) is 11.5. The Kier molecular flexibility index (Phi) is 7.53. The molecule has 32 heavy (non-hydrogen) atoms. The minimum Gasteiger partial charge on any atom is -0.368 e. The molecule has 0 unspecified atom stereocenters. The van der Waals surface area contributed by atoms with Gasteiger partial charge in [-0.05, 0) is 60.9 Å². The predicted octanol–water partition coefficient (Wildman–Crippen LogP) is 5.60. The van der Waals surface area contributed by atoms with Gasteiger partial charge in [-0.3, -0.25) is 4.79 Å². The van der Waals surface area contributed by atoms with E-state index in [0.717, 1.165) is 49.9 Å². The molecular formula is C25H31ClN4O2. The summed E-state index contributed by atoms with van der Waals surface area (Å²) in [5.41, 5.74) is 2.51. The van der Waals surface area contributed by atoms with Crippen molar-refractivity contribution in [2.45, 2.75) is 38.5 Å². The van der Waals surface area contributed by atoms with Crippen molar-refractivity contribution >= 4 is 40.6 Å². The smallest absolute Gasteiger partial charge is 0.323 e. The van der Waals surface area contributed by atoms with E-state index in [4.69, 9.17) is 11.6 Å². The Balaban J connectivity index is 1.21. The molecule has 1 aliphatic carbocycles. The highest BCUT2D eigenvalue weighted by atomic mass is 35.5. The fraction of sp³-hybridized carbons (Fsp3) is 0.440. The van der Waals surface area contributed by atoms with Crippen LogP contribution in [0.1, 0.15) is 38.5 Å². The average Bonchev–Trinajstić information content (AvgIpc) is 3.33. The Morgan fingerprint density at radius 2 is 1.41 bits per heavy atom. The predicted molar refractivity (Wildman–Crippen MR) is 131 cm³/mol. The SMILES string of the molecule is O=C(Nc1ccc(Cl)cc1)Nc1ccc(N2CCN(C(=O)CCC3CCCC3)CC2)cc1. The summed E-state index contributed by atoms with van der Waals surface area (Å²) in [4.78, 5) is 29.0. The van der Waals surface area contributed by atoms with Gasteiger partial charge in [0.15, 0.2) is 0 Å². The lowest BCUT2D eigenvalue weighted by Gasteiger charge is -2.36. The van der Waals surface area contributed by atoms with Crippen molar-refractivity contribution in [2.24, 2.45) is 5.92 Å². The Morgan fingerprint density at radius 3 is 2.00 bits per heavy atom. The van der Waals surface area contributed by atoms with Gasteiger partial charge in [0, 0.05) is 54.7 Å². The van der Waals surface area contributed by atoms with Crippen molar-refractivity contribution in [3.05, 3.63) is 53.6 Å². The lowest BCUT2D eigenvalue weighted by Crippen LogP contribution is -2.48. The summed E-state index contributed by atoms with van der Waals surface area (Å²) >= 11 is 5.87. The van der Waals surface area contributed by atoms with Gasteiger partial charge >= 0.3 is 6.03 Å². The molecule has 0 spiro atoms. The summed E-state index contributed by atoms with van der Waals surface area (Å²) in [6, 6.07) is 14.5. The number of benzene rings is 2. The van der Waals surface area contributed by atoms with Crippen LogP contribution in [0.4, 0.5) is 21.9 Å². The van der Waals surface area contributed by atoms with Crippen molar-refractivity contribution in [1.29, 1.82) is 0 Å². The summed E-state index contributed by atoms with van der Waals surface area (Å²) in [5, 5.41) is 6.25. The Labute approximate surface area is 194 Å². The second kappa shape index (κ2) is 10.7. The number of halogens is 1. The molecule has 2 aliphatic rings. The molecule has 2 fully saturated rings. The largest absolute Gasteiger partial charge is 0.368 e. The Morgan fingerprint density at radius 1 is 0.844 bits per heavy atom. The molecule has 0 aromatic heterocycles. The molecule has 4 rings (SSSR count). The highest BCUT2D eigenvalue weighted by Crippen LogP contribution is 2.29. The van der Waals surface area contributed by atoms with Gasteiger partial charge in [-0.25, -0.2) is 4.79 Å². The van der Waals surface area contributed by atoms with E-state index in [1.165, 1.54) is 25.7 Å². The normalized spacial score (nSPS) is 16.8. The van der Waals surface area contributed by atoms with Crippen LogP contribution in [0.2, 0.25) is 5.02 Å². The third-order valence-corrected chi connectivity index (χ3v) is 6.72. The summed E-state index contributed by atoms with van der Waals surface area (Å²) < 4.78 is 0. The molecule has 0 atom stereocenters. The van der Waals surface area contributed by atoms with E-state index < -0.39 is 0 Å². The first-order valence-corrected chi connectivity index (χ1v) is 11.9. The van der Waals surface area contributed by atoms with Crippen LogP contribution in [-0.4, -0.2) is 43.0 Å². The number of urea groups is 1. The quantitative estimate of drug-likeness (QED) is 0.596. The van der Waals surface area contributed by atoms with E-state index in [9.17, 15) is 9.59 Å². The molecule has 3 amide bonds. The minimum absolute atomic E-state index is 0.301. The van der Waals surface area contributed by atoms with Crippen molar-refractivity contribution in [3.63, 3.8) is 0 Å². The number of piperazine rings is 1. The molecule has 0 radical (unpaired) electrons. The highest BCUT2D eigenvalue weighted by molar-refractivity contribution is 6.30. The van der Waals surface area contributed by atoms with Gasteiger partial charge in [0.05, 0.1) is 0 Å². The van der Waals surface area contributed by atoms with E-state index in [2.05, 4.69) is 15.5 Å². The van der Waals surface area contributed by atoms with Crippen molar-refractivity contribution in [3.8, 4) is 0 Å². The number of rotatable bonds is 6. The number of hydrogen-bond donors (Lipinski definition) is 2. The molecule has 170 valence electrons. The lowest BCUT2D eigenvalue weighted by atomic mass is 10.0. The molecule has 6 nitrogen and oxygen atoms in total. The number of carbonyl (C=O) groups excluding carboxylic acids is 2. The van der Waals surface area contributed by atoms with Gasteiger partial charge in [0.1, 0.15) is 0 Å². The van der Waals surface area contributed by atoms with Crippen LogP contribution in [0.3, 0.4) is 0 Å². The van der Waals surface area contributed by atoms with Crippen molar-refractivity contribution in [1.82, 2.24) is 4.90 Å². The maximum atomic E-state index is 12.5. The number of anilines is 3. The number of nitrogens with one attached hydrogen (secondary N) is 2. The first kappa shape index (κ1) is 22.5. The molecule has 7 heteroatoms. The molecule has 2 aromatic rings. The molecule has 1 aliphatic heterocycles. The maximum absolute atomic E-state index is 12.5. The number of nitrogens with zero attached hydrogens (tertiary/aromatic N) is 2. The second-order valence-electron chi connectivity index (χ2n) is 8.69. The maximum Gasteiger partial charge on any atom is 0.323 e. The Bertz CT molecular complexity index is 903. The zero-order valence-corrected chi connectivity index (χ0v) is 19.1. The number of hydrogen-bond acceptors (Lipinski definition) is 3. The fourth-order valence-corrected chi connectivity index (χ4v) is 4.71. The van der Waals surface area contributed by atoms with Gasteiger partial charge in [0.25, 0.3) is 0 Å². The molecule has 0 bridgehead atoms. The second-order valence-corrected chi connectivity index (χ2v) is 9.13. The van der Waals surface area contributed by atoms with Gasteiger partial charge in [-0.2, -0.15) is 0 Å². The van der Waals surface area contributed by atoms with Gasteiger partial charge in [-0.15, -0.1) is 0 Å². The zero-order valence-electron chi connectivity index (χ0n) is 18.4. The molecule has 1 saturated heterocycles. The first-order chi connectivity index (χ1) is 15.6. The molecule has 2 aromatic carbocycles. The van der Waals surface area contributed by atoms with Crippen LogP contribution in [0.15, 0.2) is 48.5 Å². The van der Waals surface area contributed by atoms with E-state index in [1.54, 1.807) is 24.3 Å². The van der Waals surface area contributed by atoms with Crippen molar-refractivity contribution in [2.75, 3.05) is 41.7 Å². The van der Waals surface area contributed by atoms with Crippen molar-refractivity contribution < 1.29 is 9.59 Å². The fourth-order valence-electron chi connectivity index (χ4n) is 4.58. The van der Waals surface area contributed by atoms with Gasteiger partial charge in [-0.1, -0.05) is 37.3 Å². The van der Waals surface area contributed by atoms with Crippen LogP contribution >= 0.6 is 11.6 Å². The summed E-state index contributed by atoms with van der Waals surface area (Å²) in [6.45, 7) is 3.21. The van der Waals surface area contributed by atoms with Crippen LogP contribution in [-0.2, 0) is 4.79 Å². The third-order valence-electron chi connectivity index (χ3n) is 6.47. The van der Waals surface area contributed by atoms with E-state index in [-0.39, 0.29) is 6.03 Å². The summed E-state index contributed by atoms with van der Waals surface area (Å²) in [7, 11) is 0. The molecule has 1 heterocycles. The van der Waals surface area contributed by atoms with Crippen LogP contribution in [0, 0.1) is 5.92 Å². The minimum atomic E-state index is -0.301. The van der Waals surface area contributed by atoms with Crippen LogP contribution in [0.25, 0.3) is 0 Å². The van der Waals surface area contributed by atoms with Crippen LogP contribution < -0.4 is 15.5 Å². The third kappa shape index (κ3) is 6.16. The number of amides is 3. The van der Waals surface area contributed by atoms with E-state index in [1.807, 2.05) is 29.2 Å². The summed E-state index contributed by atoms with van der Waals surface area (Å²) in [6.07, 6.45) is 7.02. The number of carbonyl (C=O) groups is 2. The van der Waals surface area contributed by atoms with E-state index in [0.29, 0.717) is 23.0 Å². The topological polar surface area (TPSA) is 64.7 Å². The van der Waals surface area contributed by atoms with Crippen LogP contribution in [0.5, 0.6) is 0 Å². The molecular weight excluding hydrogens is 424 g/mol. The molecule has 1 saturated carbocycles. The standard InChI is InChI=1S/C25H31ClN4O2/c26-20-6-8-21(9-7-20)27-25(32)28-22-10-12-23(13-11-22)29-15-17-30(18-16-29)24(31)14-5-19-3-1-2-4-19/h6-13,19H,1-5,14-18H2,(H2,27,28,32). The van der Waals surface area contributed by atoms with Gasteiger partial charge < -0.3 is 20.4 Å². The monoisotopic (exact) mass is 454 g/mol. The lowest BCUT2D eigenvalue weighted by molar-refractivity contribution is -0.131. The molecule has 2 N–H and O–H groups in total. The average molecular weight is 455 g/mol. The Hall–Kier alpha value is -2.73. The highest BCUT2D eigenvalue weighted by Gasteiger charge is 2.23. The summed E-state index contributed by atoms with van der Waals surface area (Å²) in [5.74, 6) is 1.07. The van der Waals surface area contributed by atoms with E-state index >= 15 is 0 Å².